The van der Waals surface area contributed by atoms with Crippen LogP contribution in [-0.2, 0) is 0 Å². The standard InChI is InChI=1S/C21H20N4O2S/c1-6-7-8-9-17-15(5)28-21(23-17)25-19(20(26)27)18(14(4)24-25)16-10-12(2)22-13(3)11-16/h6,10-11H,1,7H2,2-5H3,(H,26,27). The van der Waals surface area contributed by atoms with Gasteiger partial charge in [-0.05, 0) is 51.3 Å². The number of hydrogen-bond acceptors (Lipinski definition) is 5. The van der Waals surface area contributed by atoms with E-state index in [0.717, 1.165) is 21.8 Å². The number of hydrogen-bond donors (Lipinski definition) is 1. The zero-order valence-electron chi connectivity index (χ0n) is 16.2. The van der Waals surface area contributed by atoms with Crippen molar-refractivity contribution in [3.8, 4) is 28.1 Å². The van der Waals surface area contributed by atoms with Gasteiger partial charge in [-0.2, -0.15) is 9.78 Å². The highest BCUT2D eigenvalue weighted by molar-refractivity contribution is 7.14. The maximum atomic E-state index is 12.1. The van der Waals surface area contributed by atoms with Gasteiger partial charge < -0.3 is 5.11 Å². The Morgan fingerprint density at radius 2 is 1.93 bits per heavy atom. The lowest BCUT2D eigenvalue weighted by Gasteiger charge is -2.06. The molecule has 142 valence electrons. The average molecular weight is 392 g/mol. The Morgan fingerprint density at radius 1 is 1.25 bits per heavy atom. The lowest BCUT2D eigenvalue weighted by molar-refractivity contribution is 0.0688. The summed E-state index contributed by atoms with van der Waals surface area (Å²) < 4.78 is 1.40. The Hall–Kier alpha value is -3.24. The molecule has 0 radical (unpaired) electrons. The van der Waals surface area contributed by atoms with Gasteiger partial charge in [0.2, 0.25) is 5.13 Å². The molecule has 0 saturated carbocycles. The van der Waals surface area contributed by atoms with E-state index in [2.05, 4.69) is 33.5 Å². The van der Waals surface area contributed by atoms with Gasteiger partial charge in [0.05, 0.1) is 5.69 Å². The third-order valence-corrected chi connectivity index (χ3v) is 5.00. The minimum atomic E-state index is -1.06. The lowest BCUT2D eigenvalue weighted by Crippen LogP contribution is -2.09. The van der Waals surface area contributed by atoms with Crippen molar-refractivity contribution in [3.63, 3.8) is 0 Å². The number of allylic oxidation sites excluding steroid dienone is 1. The van der Waals surface area contributed by atoms with Crippen LogP contribution in [0.4, 0.5) is 0 Å². The molecule has 0 aliphatic heterocycles. The number of rotatable bonds is 4. The number of thiazole rings is 1. The Morgan fingerprint density at radius 3 is 2.54 bits per heavy atom. The van der Waals surface area contributed by atoms with Gasteiger partial charge in [0.15, 0.2) is 5.69 Å². The van der Waals surface area contributed by atoms with Crippen LogP contribution in [0.25, 0.3) is 16.3 Å². The van der Waals surface area contributed by atoms with E-state index in [1.807, 2.05) is 32.9 Å². The van der Waals surface area contributed by atoms with Crippen LogP contribution in [-0.4, -0.2) is 30.8 Å². The fraction of sp³-hybridized carbons (Fsp3) is 0.238. The lowest BCUT2D eigenvalue weighted by atomic mass is 10.0. The molecule has 0 unspecified atom stereocenters. The number of aryl methyl sites for hydroxylation is 4. The fourth-order valence-electron chi connectivity index (χ4n) is 2.98. The normalized spacial score (nSPS) is 10.4. The topological polar surface area (TPSA) is 80.9 Å². The van der Waals surface area contributed by atoms with Crippen molar-refractivity contribution in [1.29, 1.82) is 0 Å². The molecule has 0 amide bonds. The molecule has 1 N–H and O–H groups in total. The van der Waals surface area contributed by atoms with Crippen LogP contribution in [0.5, 0.6) is 0 Å². The number of carboxylic acids is 1. The Bertz CT molecular complexity index is 1130. The number of pyridine rings is 1. The van der Waals surface area contributed by atoms with Gasteiger partial charge in [0.1, 0.15) is 5.69 Å². The zero-order valence-corrected chi connectivity index (χ0v) is 17.0. The van der Waals surface area contributed by atoms with E-state index in [1.54, 1.807) is 13.0 Å². The molecule has 0 saturated heterocycles. The summed E-state index contributed by atoms with van der Waals surface area (Å²) in [6.07, 6.45) is 2.29. The van der Waals surface area contributed by atoms with E-state index in [-0.39, 0.29) is 5.69 Å². The average Bonchev–Trinajstić information content (AvgIpc) is 3.14. The van der Waals surface area contributed by atoms with Gasteiger partial charge in [-0.1, -0.05) is 23.3 Å². The molecular formula is C21H20N4O2S. The summed E-state index contributed by atoms with van der Waals surface area (Å²) in [5.74, 6) is 4.91. The first-order valence-corrected chi connectivity index (χ1v) is 9.49. The van der Waals surface area contributed by atoms with E-state index >= 15 is 0 Å². The largest absolute Gasteiger partial charge is 0.476 e. The van der Waals surface area contributed by atoms with Crippen LogP contribution < -0.4 is 0 Å². The van der Waals surface area contributed by atoms with E-state index < -0.39 is 5.97 Å². The summed E-state index contributed by atoms with van der Waals surface area (Å²) in [6, 6.07) is 3.74. The van der Waals surface area contributed by atoms with Crippen LogP contribution in [0.1, 0.15) is 44.6 Å². The Balaban J connectivity index is 2.19. The van der Waals surface area contributed by atoms with Gasteiger partial charge >= 0.3 is 5.97 Å². The predicted molar refractivity (Wildman–Crippen MR) is 110 cm³/mol. The van der Waals surface area contributed by atoms with Gasteiger partial charge in [0.25, 0.3) is 0 Å². The highest BCUT2D eigenvalue weighted by Gasteiger charge is 2.25. The van der Waals surface area contributed by atoms with Crippen LogP contribution in [0, 0.1) is 39.5 Å². The fourth-order valence-corrected chi connectivity index (χ4v) is 3.81. The molecule has 6 nitrogen and oxygen atoms in total. The monoisotopic (exact) mass is 392 g/mol. The summed E-state index contributed by atoms with van der Waals surface area (Å²) in [5, 5.41) is 14.9. The third-order valence-electron chi connectivity index (χ3n) is 4.05. The Labute approximate surface area is 167 Å². The molecule has 0 aliphatic carbocycles. The first-order chi connectivity index (χ1) is 13.3. The van der Waals surface area contributed by atoms with E-state index in [1.165, 1.54) is 16.0 Å². The molecule has 7 heteroatoms. The molecule has 0 aromatic carbocycles. The highest BCUT2D eigenvalue weighted by atomic mass is 32.1. The number of carbonyl (C=O) groups is 1. The molecule has 0 bridgehead atoms. The van der Waals surface area contributed by atoms with E-state index in [9.17, 15) is 9.90 Å². The van der Waals surface area contributed by atoms with E-state index in [4.69, 9.17) is 0 Å². The predicted octanol–water partition coefficient (Wildman–Crippen LogP) is 4.25. The van der Waals surface area contributed by atoms with Crippen molar-refractivity contribution in [2.75, 3.05) is 0 Å². The van der Waals surface area contributed by atoms with Crippen molar-refractivity contribution < 1.29 is 9.90 Å². The minimum Gasteiger partial charge on any atom is -0.476 e. The van der Waals surface area contributed by atoms with Gasteiger partial charge in [-0.25, -0.2) is 9.78 Å². The zero-order chi connectivity index (χ0) is 20.4. The maximum absolute atomic E-state index is 12.1. The first kappa shape index (κ1) is 19.5. The first-order valence-electron chi connectivity index (χ1n) is 8.68. The minimum absolute atomic E-state index is 0.0850. The molecule has 3 heterocycles. The highest BCUT2D eigenvalue weighted by Crippen LogP contribution is 2.31. The van der Waals surface area contributed by atoms with Crippen LogP contribution in [0.3, 0.4) is 0 Å². The van der Waals surface area contributed by atoms with Crippen molar-refractivity contribution in [1.82, 2.24) is 19.7 Å². The number of aromatic nitrogens is 4. The van der Waals surface area contributed by atoms with Gasteiger partial charge in [0, 0.05) is 28.2 Å². The molecule has 28 heavy (non-hydrogen) atoms. The number of carboxylic acid groups (broad SMARTS) is 1. The molecule has 3 aromatic rings. The Kier molecular flexibility index (Phi) is 5.43. The maximum Gasteiger partial charge on any atom is 0.355 e. The number of nitrogens with zero attached hydrogens (tertiary/aromatic N) is 4. The van der Waals surface area contributed by atoms with Crippen LogP contribution in [0.2, 0.25) is 0 Å². The quantitative estimate of drug-likeness (QED) is 0.530. The van der Waals surface area contributed by atoms with Crippen LogP contribution >= 0.6 is 11.3 Å². The molecular weight excluding hydrogens is 372 g/mol. The van der Waals surface area contributed by atoms with Gasteiger partial charge in [-0.3, -0.25) is 4.98 Å². The summed E-state index contributed by atoms with van der Waals surface area (Å²) in [4.78, 5) is 21.9. The van der Waals surface area contributed by atoms with E-state index in [0.29, 0.717) is 28.5 Å². The SMILES string of the molecule is C=CCC#Cc1nc(-n2nc(C)c(-c3cc(C)nc(C)c3)c2C(=O)O)sc1C. The molecule has 0 fully saturated rings. The molecule has 0 aliphatic rings. The molecule has 0 spiro atoms. The second-order valence-corrected chi connectivity index (χ2v) is 7.54. The molecule has 3 rings (SSSR count). The second kappa shape index (κ2) is 7.79. The van der Waals surface area contributed by atoms with Crippen molar-refractivity contribution >= 4 is 17.3 Å². The molecule has 3 aromatic heterocycles. The number of aromatic carboxylic acids is 1. The summed E-state index contributed by atoms with van der Waals surface area (Å²) in [7, 11) is 0. The molecule has 0 atom stereocenters. The van der Waals surface area contributed by atoms with Crippen molar-refractivity contribution in [2.24, 2.45) is 0 Å². The van der Waals surface area contributed by atoms with Gasteiger partial charge in [-0.15, -0.1) is 6.58 Å². The van der Waals surface area contributed by atoms with Crippen molar-refractivity contribution in [2.45, 2.75) is 34.1 Å². The second-order valence-electron chi connectivity index (χ2n) is 6.36. The summed E-state index contributed by atoms with van der Waals surface area (Å²) >= 11 is 1.37. The van der Waals surface area contributed by atoms with Crippen molar-refractivity contribution in [3.05, 3.63) is 58.1 Å². The van der Waals surface area contributed by atoms with Crippen LogP contribution in [0.15, 0.2) is 24.8 Å². The third kappa shape index (κ3) is 3.73. The summed E-state index contributed by atoms with van der Waals surface area (Å²) in [5.41, 5.74) is 4.34. The summed E-state index contributed by atoms with van der Waals surface area (Å²) in [6.45, 7) is 11.1. The smallest absolute Gasteiger partial charge is 0.355 e.